The maximum absolute atomic E-state index is 12.4. The van der Waals surface area contributed by atoms with Gasteiger partial charge in [-0.2, -0.15) is 0 Å². The van der Waals surface area contributed by atoms with Gasteiger partial charge in [0.25, 0.3) is 5.56 Å². The van der Waals surface area contributed by atoms with Gasteiger partial charge in [0.2, 0.25) is 0 Å². The molecule has 2 heterocycles. The first kappa shape index (κ1) is 16.9. The number of piperazine rings is 1. The number of anilines is 1. The van der Waals surface area contributed by atoms with Crippen LogP contribution in [0.2, 0.25) is 0 Å². The van der Waals surface area contributed by atoms with Gasteiger partial charge in [0.1, 0.15) is 0 Å². The number of carbonyl (C=O) groups excluding carboxylic acids is 1. The topological polar surface area (TPSA) is 70.5 Å². The van der Waals surface area contributed by atoms with Crippen LogP contribution in [-0.2, 0) is 7.05 Å². The summed E-state index contributed by atoms with van der Waals surface area (Å²) in [5, 5.41) is 3.79. The third-order valence-corrected chi connectivity index (χ3v) is 5.52. The predicted octanol–water partition coefficient (Wildman–Crippen LogP) is 1.71. The SMILES string of the molecule is Cn1cnc2cc(N3CCN(C(=O)NC4CCCC4)CC3)ccc2c1=O. The number of aromatic nitrogens is 2. The summed E-state index contributed by atoms with van der Waals surface area (Å²) in [5.41, 5.74) is 1.73. The summed E-state index contributed by atoms with van der Waals surface area (Å²) in [5.74, 6) is 0. The number of fused-ring (bicyclic) bond motifs is 1. The molecule has 7 heteroatoms. The van der Waals surface area contributed by atoms with Gasteiger partial charge < -0.3 is 19.7 Å². The second-order valence-corrected chi connectivity index (χ2v) is 7.27. The Hall–Kier alpha value is -2.57. The van der Waals surface area contributed by atoms with Gasteiger partial charge in [0.15, 0.2) is 0 Å². The molecule has 7 nitrogen and oxygen atoms in total. The number of nitrogens with one attached hydrogen (secondary N) is 1. The van der Waals surface area contributed by atoms with Crippen LogP contribution in [0.1, 0.15) is 25.7 Å². The summed E-state index contributed by atoms with van der Waals surface area (Å²) >= 11 is 0. The van der Waals surface area contributed by atoms with Crippen LogP contribution in [0.5, 0.6) is 0 Å². The molecule has 0 atom stereocenters. The molecular weight excluding hydrogens is 330 g/mol. The summed E-state index contributed by atoms with van der Waals surface area (Å²) < 4.78 is 1.49. The van der Waals surface area contributed by atoms with Gasteiger partial charge in [0.05, 0.1) is 17.2 Å². The predicted molar refractivity (Wildman–Crippen MR) is 102 cm³/mol. The Balaban J connectivity index is 1.41. The lowest BCUT2D eigenvalue weighted by Crippen LogP contribution is -2.53. The Kier molecular flexibility index (Phi) is 4.53. The number of amides is 2. The zero-order valence-electron chi connectivity index (χ0n) is 15.1. The minimum Gasteiger partial charge on any atom is -0.368 e. The lowest BCUT2D eigenvalue weighted by molar-refractivity contribution is 0.190. The van der Waals surface area contributed by atoms with E-state index < -0.39 is 0 Å². The molecular formula is C19H25N5O2. The first-order chi connectivity index (χ1) is 12.6. The van der Waals surface area contributed by atoms with E-state index in [1.54, 1.807) is 13.4 Å². The van der Waals surface area contributed by atoms with Crippen molar-refractivity contribution in [1.29, 1.82) is 0 Å². The smallest absolute Gasteiger partial charge is 0.317 e. The average Bonchev–Trinajstić information content (AvgIpc) is 3.17. The lowest BCUT2D eigenvalue weighted by atomic mass is 10.2. The molecule has 0 radical (unpaired) electrons. The summed E-state index contributed by atoms with van der Waals surface area (Å²) in [6, 6.07) is 6.21. The number of hydrogen-bond acceptors (Lipinski definition) is 4. The Labute approximate surface area is 152 Å². The summed E-state index contributed by atoms with van der Waals surface area (Å²) in [7, 11) is 1.71. The van der Waals surface area contributed by atoms with Crippen molar-refractivity contribution < 1.29 is 4.79 Å². The molecule has 2 fully saturated rings. The fraction of sp³-hybridized carbons (Fsp3) is 0.526. The maximum Gasteiger partial charge on any atom is 0.317 e. The molecule has 0 bridgehead atoms. The van der Waals surface area contributed by atoms with Crippen molar-refractivity contribution in [1.82, 2.24) is 19.8 Å². The highest BCUT2D eigenvalue weighted by atomic mass is 16.2. The molecule has 2 aliphatic rings. The average molecular weight is 355 g/mol. The monoisotopic (exact) mass is 355 g/mol. The highest BCUT2D eigenvalue weighted by Gasteiger charge is 2.24. The number of hydrogen-bond donors (Lipinski definition) is 1. The van der Waals surface area contributed by atoms with Crippen molar-refractivity contribution in [3.8, 4) is 0 Å². The molecule has 0 spiro atoms. The van der Waals surface area contributed by atoms with Crippen molar-refractivity contribution in [2.45, 2.75) is 31.7 Å². The van der Waals surface area contributed by atoms with Crippen LogP contribution in [0, 0.1) is 0 Å². The molecule has 138 valence electrons. The number of benzene rings is 1. The highest BCUT2D eigenvalue weighted by molar-refractivity contribution is 5.81. The standard InChI is InChI=1S/C19H25N5O2/c1-22-13-20-17-12-15(6-7-16(17)18(22)25)23-8-10-24(11-9-23)19(26)21-14-4-2-3-5-14/h6-7,12-14H,2-5,8-11H2,1H3,(H,21,26). The largest absolute Gasteiger partial charge is 0.368 e. The Morgan fingerprint density at radius 2 is 1.88 bits per heavy atom. The van der Waals surface area contributed by atoms with E-state index in [4.69, 9.17) is 0 Å². The van der Waals surface area contributed by atoms with Gasteiger partial charge in [-0.3, -0.25) is 4.79 Å². The van der Waals surface area contributed by atoms with Crippen LogP contribution in [0.4, 0.5) is 10.5 Å². The molecule has 1 aromatic carbocycles. The van der Waals surface area contributed by atoms with Crippen LogP contribution >= 0.6 is 0 Å². The molecule has 2 amide bonds. The van der Waals surface area contributed by atoms with Crippen LogP contribution < -0.4 is 15.8 Å². The van der Waals surface area contributed by atoms with Gasteiger partial charge in [-0.15, -0.1) is 0 Å². The molecule has 1 saturated heterocycles. The van der Waals surface area contributed by atoms with Crippen LogP contribution in [-0.4, -0.2) is 52.7 Å². The van der Waals surface area contributed by atoms with Gasteiger partial charge in [-0.05, 0) is 31.0 Å². The van der Waals surface area contributed by atoms with Crippen LogP contribution in [0.15, 0.2) is 29.3 Å². The van der Waals surface area contributed by atoms with E-state index in [9.17, 15) is 9.59 Å². The Morgan fingerprint density at radius 3 is 2.62 bits per heavy atom. The summed E-state index contributed by atoms with van der Waals surface area (Å²) in [6.07, 6.45) is 6.21. The fourth-order valence-electron chi connectivity index (χ4n) is 3.90. The van der Waals surface area contributed by atoms with E-state index in [0.29, 0.717) is 30.0 Å². The minimum absolute atomic E-state index is 0.0325. The molecule has 1 aromatic heterocycles. The quantitative estimate of drug-likeness (QED) is 0.890. The van der Waals surface area contributed by atoms with Crippen LogP contribution in [0.3, 0.4) is 0 Å². The first-order valence-electron chi connectivity index (χ1n) is 9.37. The van der Waals surface area contributed by atoms with Crippen molar-refractivity contribution in [3.63, 3.8) is 0 Å². The molecule has 2 aromatic rings. The van der Waals surface area contributed by atoms with Crippen molar-refractivity contribution in [3.05, 3.63) is 34.9 Å². The minimum atomic E-state index is -0.0325. The number of nitrogens with zero attached hydrogens (tertiary/aromatic N) is 4. The maximum atomic E-state index is 12.4. The van der Waals surface area contributed by atoms with E-state index in [1.807, 2.05) is 23.1 Å². The Morgan fingerprint density at radius 1 is 1.15 bits per heavy atom. The van der Waals surface area contributed by atoms with E-state index in [1.165, 1.54) is 17.4 Å². The van der Waals surface area contributed by atoms with Gasteiger partial charge in [-0.25, -0.2) is 9.78 Å². The summed E-state index contributed by atoms with van der Waals surface area (Å²) in [4.78, 5) is 33.0. The number of rotatable bonds is 2. The van der Waals surface area contributed by atoms with Crippen LogP contribution in [0.25, 0.3) is 10.9 Å². The van der Waals surface area contributed by atoms with E-state index in [0.717, 1.165) is 31.6 Å². The normalized spacial score (nSPS) is 18.5. The molecule has 1 aliphatic carbocycles. The fourth-order valence-corrected chi connectivity index (χ4v) is 3.90. The lowest BCUT2D eigenvalue weighted by Gasteiger charge is -2.36. The van der Waals surface area contributed by atoms with Gasteiger partial charge in [0, 0.05) is 45.0 Å². The van der Waals surface area contributed by atoms with E-state index >= 15 is 0 Å². The number of aryl methyl sites for hydroxylation is 1. The first-order valence-corrected chi connectivity index (χ1v) is 9.37. The molecule has 4 rings (SSSR count). The molecule has 1 aliphatic heterocycles. The number of urea groups is 1. The molecule has 1 saturated carbocycles. The van der Waals surface area contributed by atoms with Gasteiger partial charge in [-0.1, -0.05) is 12.8 Å². The highest BCUT2D eigenvalue weighted by Crippen LogP contribution is 2.21. The second kappa shape index (κ2) is 6.97. The summed E-state index contributed by atoms with van der Waals surface area (Å²) in [6.45, 7) is 2.99. The second-order valence-electron chi connectivity index (χ2n) is 7.27. The van der Waals surface area contributed by atoms with Crippen molar-refractivity contribution in [2.75, 3.05) is 31.1 Å². The van der Waals surface area contributed by atoms with E-state index in [2.05, 4.69) is 15.2 Å². The molecule has 1 N–H and O–H groups in total. The zero-order valence-corrected chi connectivity index (χ0v) is 15.1. The third kappa shape index (κ3) is 3.25. The van der Waals surface area contributed by atoms with Crippen molar-refractivity contribution in [2.24, 2.45) is 7.05 Å². The molecule has 26 heavy (non-hydrogen) atoms. The Bertz CT molecular complexity index is 864. The number of carbonyl (C=O) groups is 1. The van der Waals surface area contributed by atoms with Gasteiger partial charge >= 0.3 is 6.03 Å². The zero-order chi connectivity index (χ0) is 18.1. The third-order valence-electron chi connectivity index (χ3n) is 5.52. The van der Waals surface area contributed by atoms with E-state index in [-0.39, 0.29) is 11.6 Å². The molecule has 0 unspecified atom stereocenters. The van der Waals surface area contributed by atoms with Crippen molar-refractivity contribution >= 4 is 22.6 Å².